The Morgan fingerprint density at radius 3 is 2.67 bits per heavy atom. The topological polar surface area (TPSA) is 62.3 Å². The summed E-state index contributed by atoms with van der Waals surface area (Å²) in [5.74, 6) is 1.19. The van der Waals surface area contributed by atoms with Crippen LogP contribution in [-0.2, 0) is 10.0 Å². The van der Waals surface area contributed by atoms with Gasteiger partial charge in [0.05, 0.1) is 11.3 Å². The van der Waals surface area contributed by atoms with Gasteiger partial charge in [-0.15, -0.1) is 0 Å². The van der Waals surface area contributed by atoms with E-state index in [1.807, 2.05) is 25.1 Å². The third-order valence-electron chi connectivity index (χ3n) is 4.55. The molecule has 0 radical (unpaired) electrons. The van der Waals surface area contributed by atoms with E-state index in [-0.39, 0.29) is 11.8 Å². The van der Waals surface area contributed by atoms with Crippen LogP contribution in [0.15, 0.2) is 30.3 Å². The van der Waals surface area contributed by atoms with Crippen molar-refractivity contribution in [3.05, 3.63) is 35.9 Å². The van der Waals surface area contributed by atoms with E-state index in [4.69, 9.17) is 4.98 Å². The summed E-state index contributed by atoms with van der Waals surface area (Å²) < 4.78 is 26.6. The summed E-state index contributed by atoms with van der Waals surface area (Å²) in [5, 5.41) is 1.18. The van der Waals surface area contributed by atoms with Crippen LogP contribution in [0.25, 0.3) is 10.9 Å². The van der Waals surface area contributed by atoms with Crippen molar-refractivity contribution in [2.24, 2.45) is 0 Å². The first kappa shape index (κ1) is 17.2. The van der Waals surface area contributed by atoms with Crippen LogP contribution >= 0.6 is 0 Å². The van der Waals surface area contributed by atoms with Crippen LogP contribution in [-0.4, -0.2) is 38.3 Å². The highest BCUT2D eigenvalue weighted by molar-refractivity contribution is 7.89. The van der Waals surface area contributed by atoms with Gasteiger partial charge in [0, 0.05) is 24.5 Å². The normalized spacial score (nSPS) is 16.7. The van der Waals surface area contributed by atoms with Gasteiger partial charge >= 0.3 is 0 Å². The highest BCUT2D eigenvalue weighted by Gasteiger charge is 2.24. The molecule has 2 heterocycles. The number of piperidine rings is 1. The largest absolute Gasteiger partial charge is 0.356 e. The molecular formula is C18H25N3O2S. The van der Waals surface area contributed by atoms with E-state index >= 15 is 0 Å². The monoisotopic (exact) mass is 347 g/mol. The van der Waals surface area contributed by atoms with E-state index in [9.17, 15) is 8.42 Å². The third-order valence-corrected chi connectivity index (χ3v) is 6.19. The summed E-state index contributed by atoms with van der Waals surface area (Å²) >= 11 is 0. The Hall–Kier alpha value is -1.66. The first-order valence-corrected chi connectivity index (χ1v) is 10.2. The molecule has 1 aromatic heterocycles. The summed E-state index contributed by atoms with van der Waals surface area (Å²) in [6, 6.07) is 10.3. The number of nitrogens with zero attached hydrogens (tertiary/aromatic N) is 2. The lowest BCUT2D eigenvalue weighted by molar-refractivity contribution is 0.458. The molecule has 5 nitrogen and oxygen atoms in total. The van der Waals surface area contributed by atoms with Gasteiger partial charge in [-0.2, -0.15) is 0 Å². The van der Waals surface area contributed by atoms with Crippen molar-refractivity contribution < 1.29 is 8.42 Å². The molecule has 0 atom stereocenters. The van der Waals surface area contributed by atoms with Crippen molar-refractivity contribution in [2.45, 2.75) is 39.2 Å². The van der Waals surface area contributed by atoms with Gasteiger partial charge in [-0.1, -0.05) is 25.1 Å². The number of hydrogen-bond donors (Lipinski definition) is 1. The number of sulfonamides is 1. The minimum atomic E-state index is -3.13. The second-order valence-electron chi connectivity index (χ2n) is 6.51. The van der Waals surface area contributed by atoms with Crippen LogP contribution in [0, 0.1) is 6.92 Å². The summed E-state index contributed by atoms with van der Waals surface area (Å²) in [7, 11) is -3.13. The summed E-state index contributed by atoms with van der Waals surface area (Å²) in [5.41, 5.74) is 2.24. The number of fused-ring (bicyclic) bond motifs is 1. The van der Waals surface area contributed by atoms with Gasteiger partial charge in [0.1, 0.15) is 5.82 Å². The minimum absolute atomic E-state index is 0.0411. The molecule has 0 bridgehead atoms. The maximum Gasteiger partial charge on any atom is 0.211 e. The molecule has 1 aliphatic heterocycles. The molecule has 0 aliphatic carbocycles. The highest BCUT2D eigenvalue weighted by atomic mass is 32.2. The van der Waals surface area contributed by atoms with Crippen LogP contribution < -0.4 is 9.62 Å². The van der Waals surface area contributed by atoms with Crippen molar-refractivity contribution in [1.29, 1.82) is 0 Å². The van der Waals surface area contributed by atoms with Crippen LogP contribution in [0.4, 0.5) is 5.82 Å². The molecule has 1 aliphatic rings. The Morgan fingerprint density at radius 1 is 1.25 bits per heavy atom. The number of anilines is 1. The molecule has 0 unspecified atom stereocenters. The fourth-order valence-corrected chi connectivity index (χ4v) is 4.70. The average Bonchev–Trinajstić information content (AvgIpc) is 2.55. The second kappa shape index (κ2) is 7.07. The molecule has 24 heavy (non-hydrogen) atoms. The quantitative estimate of drug-likeness (QED) is 0.903. The Labute approximate surface area is 144 Å². The van der Waals surface area contributed by atoms with E-state index < -0.39 is 10.0 Å². The molecule has 1 N–H and O–H groups in total. The van der Waals surface area contributed by atoms with Crippen LogP contribution in [0.3, 0.4) is 0 Å². The van der Waals surface area contributed by atoms with Gasteiger partial charge < -0.3 is 4.90 Å². The SMILES string of the molecule is CCCS(=O)(=O)NC1CCN(c2cc(C)c3ccccc3n2)CC1. The van der Waals surface area contributed by atoms with Crippen molar-refractivity contribution in [2.75, 3.05) is 23.7 Å². The first-order valence-electron chi connectivity index (χ1n) is 8.60. The Balaban J connectivity index is 1.69. The molecule has 3 rings (SSSR count). The summed E-state index contributed by atoms with van der Waals surface area (Å²) in [6.45, 7) is 5.64. The fourth-order valence-electron chi connectivity index (χ4n) is 3.30. The number of hydrogen-bond acceptors (Lipinski definition) is 4. The molecule has 6 heteroatoms. The van der Waals surface area contributed by atoms with Crippen LogP contribution in [0.1, 0.15) is 31.7 Å². The van der Waals surface area contributed by atoms with E-state index in [2.05, 4.69) is 28.7 Å². The molecule has 2 aromatic rings. The number of benzene rings is 1. The molecule has 1 aromatic carbocycles. The van der Waals surface area contributed by atoms with Crippen molar-refractivity contribution in [3.63, 3.8) is 0 Å². The number of para-hydroxylation sites is 1. The lowest BCUT2D eigenvalue weighted by Gasteiger charge is -2.33. The lowest BCUT2D eigenvalue weighted by Crippen LogP contribution is -2.45. The van der Waals surface area contributed by atoms with Gasteiger partial charge in [-0.05, 0) is 43.9 Å². The van der Waals surface area contributed by atoms with Gasteiger partial charge in [-0.25, -0.2) is 18.1 Å². The van der Waals surface area contributed by atoms with Crippen molar-refractivity contribution in [3.8, 4) is 0 Å². The maximum atomic E-state index is 11.9. The van der Waals surface area contributed by atoms with E-state index in [0.717, 1.165) is 37.3 Å². The summed E-state index contributed by atoms with van der Waals surface area (Å²) in [6.07, 6.45) is 2.28. The fraction of sp³-hybridized carbons (Fsp3) is 0.500. The van der Waals surface area contributed by atoms with Gasteiger partial charge in [0.25, 0.3) is 0 Å². The molecule has 130 valence electrons. The number of aromatic nitrogens is 1. The summed E-state index contributed by atoms with van der Waals surface area (Å²) in [4.78, 5) is 7.03. The molecule has 0 spiro atoms. The zero-order valence-corrected chi connectivity index (χ0v) is 15.1. The zero-order valence-electron chi connectivity index (χ0n) is 14.3. The van der Waals surface area contributed by atoms with Crippen LogP contribution in [0.5, 0.6) is 0 Å². The lowest BCUT2D eigenvalue weighted by atomic mass is 10.1. The van der Waals surface area contributed by atoms with E-state index in [1.54, 1.807) is 0 Å². The standard InChI is InChI=1S/C18H25N3O2S/c1-3-12-24(22,23)20-15-8-10-21(11-9-15)18-13-14(2)16-6-4-5-7-17(16)19-18/h4-7,13,15,20H,3,8-12H2,1-2H3. The van der Waals surface area contributed by atoms with Crippen molar-refractivity contribution in [1.82, 2.24) is 9.71 Å². The maximum absolute atomic E-state index is 11.9. The van der Waals surface area contributed by atoms with Crippen molar-refractivity contribution >= 4 is 26.7 Å². The number of aryl methyl sites for hydroxylation is 1. The Morgan fingerprint density at radius 2 is 1.96 bits per heavy atom. The Kier molecular flexibility index (Phi) is 5.06. The number of rotatable bonds is 5. The van der Waals surface area contributed by atoms with E-state index in [1.165, 1.54) is 10.9 Å². The molecule has 1 saturated heterocycles. The molecule has 0 amide bonds. The van der Waals surface area contributed by atoms with Gasteiger partial charge in [-0.3, -0.25) is 0 Å². The molecule has 1 fully saturated rings. The third kappa shape index (κ3) is 3.87. The zero-order chi connectivity index (χ0) is 17.2. The van der Waals surface area contributed by atoms with Gasteiger partial charge in [0.2, 0.25) is 10.0 Å². The van der Waals surface area contributed by atoms with E-state index in [0.29, 0.717) is 6.42 Å². The highest BCUT2D eigenvalue weighted by Crippen LogP contribution is 2.24. The second-order valence-corrected chi connectivity index (χ2v) is 8.39. The van der Waals surface area contributed by atoms with Gasteiger partial charge in [0.15, 0.2) is 0 Å². The van der Waals surface area contributed by atoms with Crippen LogP contribution in [0.2, 0.25) is 0 Å². The predicted octanol–water partition coefficient (Wildman–Crippen LogP) is 2.84. The number of pyridine rings is 1. The number of nitrogens with one attached hydrogen (secondary N) is 1. The smallest absolute Gasteiger partial charge is 0.211 e. The predicted molar refractivity (Wildman–Crippen MR) is 98.9 cm³/mol. The first-order chi connectivity index (χ1) is 11.5. The molecular weight excluding hydrogens is 322 g/mol. The minimum Gasteiger partial charge on any atom is -0.356 e. The average molecular weight is 347 g/mol. The Bertz CT molecular complexity index is 812. The molecule has 0 saturated carbocycles.